The van der Waals surface area contributed by atoms with Crippen LogP contribution in [0.5, 0.6) is 5.75 Å². The van der Waals surface area contributed by atoms with E-state index in [4.69, 9.17) is 21.1 Å². The first-order chi connectivity index (χ1) is 15.1. The SMILES string of the molecule is COc1cc(Cl)c(C)cc1N[C@@H](C)C(=O)Nc1cc(C(F)(F)F)ccc1N1CCOCC1. The highest BCUT2D eigenvalue weighted by Gasteiger charge is 2.32. The molecule has 32 heavy (non-hydrogen) atoms. The molecule has 1 aliphatic heterocycles. The fourth-order valence-electron chi connectivity index (χ4n) is 3.38. The Balaban J connectivity index is 1.84. The zero-order valence-corrected chi connectivity index (χ0v) is 18.7. The number of nitrogens with one attached hydrogen (secondary N) is 2. The van der Waals surface area contributed by atoms with Crippen LogP contribution in [-0.4, -0.2) is 45.4 Å². The second-order valence-corrected chi connectivity index (χ2v) is 7.89. The van der Waals surface area contributed by atoms with Crippen molar-refractivity contribution in [1.82, 2.24) is 0 Å². The number of hydrogen-bond acceptors (Lipinski definition) is 5. The van der Waals surface area contributed by atoms with E-state index in [1.807, 2.05) is 11.8 Å². The van der Waals surface area contributed by atoms with Crippen molar-refractivity contribution in [1.29, 1.82) is 0 Å². The molecule has 2 N–H and O–H groups in total. The van der Waals surface area contributed by atoms with Crippen LogP contribution in [0.25, 0.3) is 0 Å². The van der Waals surface area contributed by atoms with Crippen molar-refractivity contribution in [3.63, 3.8) is 0 Å². The quantitative estimate of drug-likeness (QED) is 0.624. The molecule has 1 aliphatic rings. The van der Waals surface area contributed by atoms with Gasteiger partial charge in [-0.3, -0.25) is 4.79 Å². The maximum atomic E-state index is 13.3. The molecule has 2 aromatic carbocycles. The zero-order chi connectivity index (χ0) is 23.5. The molecule has 1 atom stereocenters. The number of methoxy groups -OCH3 is 1. The topological polar surface area (TPSA) is 62.8 Å². The summed E-state index contributed by atoms with van der Waals surface area (Å²) in [4.78, 5) is 14.8. The first-order valence-electron chi connectivity index (χ1n) is 10.1. The minimum Gasteiger partial charge on any atom is -0.495 e. The molecule has 1 amide bonds. The number of carbonyl (C=O) groups is 1. The Bertz CT molecular complexity index is 979. The van der Waals surface area contributed by atoms with E-state index in [1.165, 1.54) is 13.2 Å². The number of carbonyl (C=O) groups excluding carboxylic acids is 1. The number of halogens is 4. The van der Waals surface area contributed by atoms with Gasteiger partial charge >= 0.3 is 6.18 Å². The van der Waals surface area contributed by atoms with Crippen molar-refractivity contribution in [2.24, 2.45) is 0 Å². The van der Waals surface area contributed by atoms with Crippen LogP contribution in [0.15, 0.2) is 30.3 Å². The summed E-state index contributed by atoms with van der Waals surface area (Å²) >= 11 is 6.12. The van der Waals surface area contributed by atoms with Gasteiger partial charge in [-0.1, -0.05) is 11.6 Å². The van der Waals surface area contributed by atoms with Gasteiger partial charge in [0.25, 0.3) is 0 Å². The average molecular weight is 472 g/mol. The maximum Gasteiger partial charge on any atom is 0.416 e. The molecule has 10 heteroatoms. The smallest absolute Gasteiger partial charge is 0.416 e. The summed E-state index contributed by atoms with van der Waals surface area (Å²) in [6.07, 6.45) is -4.53. The average Bonchev–Trinajstić information content (AvgIpc) is 2.76. The molecule has 174 valence electrons. The number of nitrogens with zero attached hydrogens (tertiary/aromatic N) is 1. The lowest BCUT2D eigenvalue weighted by Crippen LogP contribution is -2.37. The largest absolute Gasteiger partial charge is 0.495 e. The van der Waals surface area contributed by atoms with E-state index in [0.717, 1.165) is 17.7 Å². The molecule has 1 fully saturated rings. The molecule has 6 nitrogen and oxygen atoms in total. The molecule has 1 heterocycles. The summed E-state index contributed by atoms with van der Waals surface area (Å²) in [6, 6.07) is 5.97. The van der Waals surface area contributed by atoms with E-state index >= 15 is 0 Å². The van der Waals surface area contributed by atoms with Crippen LogP contribution in [0.1, 0.15) is 18.1 Å². The van der Waals surface area contributed by atoms with Gasteiger partial charge in [0.1, 0.15) is 11.8 Å². The Kier molecular flexibility index (Phi) is 7.40. The van der Waals surface area contributed by atoms with E-state index in [-0.39, 0.29) is 5.69 Å². The molecule has 0 bridgehead atoms. The van der Waals surface area contributed by atoms with Crippen molar-refractivity contribution in [3.8, 4) is 5.75 Å². The van der Waals surface area contributed by atoms with Crippen LogP contribution in [-0.2, 0) is 15.7 Å². The monoisotopic (exact) mass is 471 g/mol. The van der Waals surface area contributed by atoms with E-state index in [9.17, 15) is 18.0 Å². The Hall–Kier alpha value is -2.65. The van der Waals surface area contributed by atoms with Crippen molar-refractivity contribution < 1.29 is 27.4 Å². The molecule has 0 spiro atoms. The summed E-state index contributed by atoms with van der Waals surface area (Å²) in [5.41, 5.74) is 1.12. The van der Waals surface area contributed by atoms with Gasteiger partial charge in [-0.25, -0.2) is 0 Å². The van der Waals surface area contributed by atoms with Gasteiger partial charge in [0.15, 0.2) is 0 Å². The van der Waals surface area contributed by atoms with E-state index < -0.39 is 23.7 Å². The van der Waals surface area contributed by atoms with Gasteiger partial charge in [0.05, 0.1) is 42.9 Å². The van der Waals surface area contributed by atoms with Crippen LogP contribution >= 0.6 is 11.6 Å². The van der Waals surface area contributed by atoms with Crippen molar-refractivity contribution in [2.45, 2.75) is 26.1 Å². The normalized spacial score (nSPS) is 15.3. The van der Waals surface area contributed by atoms with Crippen LogP contribution in [0, 0.1) is 6.92 Å². The minimum atomic E-state index is -4.53. The van der Waals surface area contributed by atoms with E-state index in [0.29, 0.717) is 48.5 Å². The lowest BCUT2D eigenvalue weighted by Gasteiger charge is -2.31. The van der Waals surface area contributed by atoms with Crippen molar-refractivity contribution >= 4 is 34.6 Å². The molecule has 1 saturated heterocycles. The van der Waals surface area contributed by atoms with Gasteiger partial charge in [-0.05, 0) is 43.7 Å². The number of amides is 1. The first-order valence-corrected chi connectivity index (χ1v) is 10.4. The zero-order valence-electron chi connectivity index (χ0n) is 18.0. The number of anilines is 3. The molecular formula is C22H25ClF3N3O3. The number of benzene rings is 2. The number of morpholine rings is 1. The van der Waals surface area contributed by atoms with Gasteiger partial charge in [0.2, 0.25) is 5.91 Å². The summed E-state index contributed by atoms with van der Waals surface area (Å²) < 4.78 is 50.5. The van der Waals surface area contributed by atoms with Crippen LogP contribution in [0.4, 0.5) is 30.2 Å². The third kappa shape index (κ3) is 5.58. The fraction of sp³-hybridized carbons (Fsp3) is 0.409. The maximum absolute atomic E-state index is 13.3. The molecular weight excluding hydrogens is 447 g/mol. The number of alkyl halides is 3. The van der Waals surface area contributed by atoms with Crippen LogP contribution < -0.4 is 20.3 Å². The third-order valence-electron chi connectivity index (χ3n) is 5.18. The van der Waals surface area contributed by atoms with Gasteiger partial charge < -0.3 is 25.0 Å². The molecule has 2 aromatic rings. The second-order valence-electron chi connectivity index (χ2n) is 7.49. The Labute approximate surface area is 189 Å². The Morgan fingerprint density at radius 3 is 2.50 bits per heavy atom. The molecule has 0 aromatic heterocycles. The van der Waals surface area contributed by atoms with Gasteiger partial charge in [0, 0.05) is 24.2 Å². The molecule has 0 aliphatic carbocycles. The predicted octanol–water partition coefficient (Wildman–Crippen LogP) is 4.95. The van der Waals surface area contributed by atoms with E-state index in [2.05, 4.69) is 10.6 Å². The Morgan fingerprint density at radius 2 is 1.88 bits per heavy atom. The predicted molar refractivity (Wildman–Crippen MR) is 119 cm³/mol. The number of rotatable bonds is 6. The fourth-order valence-corrected chi connectivity index (χ4v) is 3.53. The highest BCUT2D eigenvalue weighted by Crippen LogP contribution is 2.36. The minimum absolute atomic E-state index is 0.0969. The van der Waals surface area contributed by atoms with Crippen LogP contribution in [0.3, 0.4) is 0 Å². The molecule has 0 radical (unpaired) electrons. The Morgan fingerprint density at radius 1 is 1.19 bits per heavy atom. The van der Waals surface area contributed by atoms with Gasteiger partial charge in [-0.15, -0.1) is 0 Å². The van der Waals surface area contributed by atoms with E-state index in [1.54, 1.807) is 19.1 Å². The molecule has 0 saturated carbocycles. The van der Waals surface area contributed by atoms with Crippen molar-refractivity contribution in [2.75, 3.05) is 48.9 Å². The lowest BCUT2D eigenvalue weighted by molar-refractivity contribution is -0.137. The summed E-state index contributed by atoms with van der Waals surface area (Å²) in [7, 11) is 1.48. The number of hydrogen-bond donors (Lipinski definition) is 2. The first kappa shape index (κ1) is 24.0. The third-order valence-corrected chi connectivity index (χ3v) is 5.59. The van der Waals surface area contributed by atoms with Crippen molar-refractivity contribution in [3.05, 3.63) is 46.5 Å². The van der Waals surface area contributed by atoms with Crippen LogP contribution in [0.2, 0.25) is 5.02 Å². The highest BCUT2D eigenvalue weighted by molar-refractivity contribution is 6.31. The lowest BCUT2D eigenvalue weighted by atomic mass is 10.1. The summed E-state index contributed by atoms with van der Waals surface area (Å²) in [5.74, 6) is -0.0400. The highest BCUT2D eigenvalue weighted by atomic mass is 35.5. The summed E-state index contributed by atoms with van der Waals surface area (Å²) in [5, 5.41) is 6.21. The second kappa shape index (κ2) is 9.87. The number of ether oxygens (including phenoxy) is 2. The molecule has 0 unspecified atom stereocenters. The molecule has 3 rings (SSSR count). The number of aryl methyl sites for hydroxylation is 1. The van der Waals surface area contributed by atoms with Gasteiger partial charge in [-0.2, -0.15) is 13.2 Å². The standard InChI is InChI=1S/C22H25ClF3N3O3/c1-13-10-18(20(31-3)12-16(13)23)27-14(2)21(30)28-17-11-15(22(24,25)26)4-5-19(17)29-6-8-32-9-7-29/h4-5,10-12,14,27H,6-9H2,1-3H3,(H,28,30)/t14-/m0/s1. The summed E-state index contributed by atoms with van der Waals surface area (Å²) in [6.45, 7) is 5.38.